The largest absolute Gasteiger partial charge is 0.421 e. The van der Waals surface area contributed by atoms with Crippen LogP contribution in [0.15, 0.2) is 54.7 Å². The van der Waals surface area contributed by atoms with Crippen molar-refractivity contribution in [2.75, 3.05) is 26.3 Å². The summed E-state index contributed by atoms with van der Waals surface area (Å²) >= 11 is 0. The summed E-state index contributed by atoms with van der Waals surface area (Å²) < 4.78 is 11.1. The predicted octanol–water partition coefficient (Wildman–Crippen LogP) is 3.59. The number of aromatic nitrogens is 1. The van der Waals surface area contributed by atoms with Gasteiger partial charge in [0.15, 0.2) is 5.75 Å². The first kappa shape index (κ1) is 17.6. The van der Waals surface area contributed by atoms with Crippen molar-refractivity contribution < 1.29 is 14.3 Å². The molecular weight excluding hydrogens is 340 g/mol. The van der Waals surface area contributed by atoms with E-state index in [0.717, 1.165) is 43.8 Å². The van der Waals surface area contributed by atoms with Crippen LogP contribution >= 0.6 is 0 Å². The maximum Gasteiger partial charge on any atom is 0.343 e. The molecule has 0 aliphatic carbocycles. The number of ether oxygens (including phenoxy) is 2. The molecule has 1 aromatic heterocycles. The van der Waals surface area contributed by atoms with Gasteiger partial charge in [0.05, 0.1) is 18.8 Å². The van der Waals surface area contributed by atoms with Crippen LogP contribution in [0.3, 0.4) is 0 Å². The lowest BCUT2D eigenvalue weighted by Crippen LogP contribution is -2.35. The van der Waals surface area contributed by atoms with Gasteiger partial charge in [-0.25, -0.2) is 4.79 Å². The maximum absolute atomic E-state index is 12.5. The average Bonchev–Trinajstić information content (AvgIpc) is 2.71. The predicted molar refractivity (Wildman–Crippen MR) is 104 cm³/mol. The van der Waals surface area contributed by atoms with Gasteiger partial charge in [0.2, 0.25) is 0 Å². The molecule has 0 atom stereocenters. The second-order valence-corrected chi connectivity index (χ2v) is 6.77. The molecule has 0 amide bonds. The Bertz CT molecular complexity index is 947. The SMILES string of the molecule is Cc1ccc(C(=O)Oc2ccc(CN3CCOCC3)c3cccnc23)cc1. The first-order chi connectivity index (χ1) is 13.2. The molecule has 138 valence electrons. The molecule has 5 nitrogen and oxygen atoms in total. The summed E-state index contributed by atoms with van der Waals surface area (Å²) in [6.45, 7) is 6.19. The van der Waals surface area contributed by atoms with Crippen molar-refractivity contribution in [1.82, 2.24) is 9.88 Å². The molecule has 1 aliphatic rings. The number of pyridine rings is 1. The van der Waals surface area contributed by atoms with E-state index in [1.807, 2.05) is 43.3 Å². The van der Waals surface area contributed by atoms with Crippen molar-refractivity contribution >= 4 is 16.9 Å². The van der Waals surface area contributed by atoms with Gasteiger partial charge in [0.1, 0.15) is 5.52 Å². The molecule has 27 heavy (non-hydrogen) atoms. The Morgan fingerprint density at radius 3 is 2.67 bits per heavy atom. The van der Waals surface area contributed by atoms with Crippen molar-refractivity contribution in [2.45, 2.75) is 13.5 Å². The summed E-state index contributed by atoms with van der Waals surface area (Å²) in [5.74, 6) is 0.116. The zero-order valence-electron chi connectivity index (χ0n) is 15.4. The zero-order valence-corrected chi connectivity index (χ0v) is 15.4. The Balaban J connectivity index is 1.61. The second-order valence-electron chi connectivity index (χ2n) is 6.77. The number of benzene rings is 2. The van der Waals surface area contributed by atoms with Gasteiger partial charge >= 0.3 is 5.97 Å². The molecule has 3 aromatic rings. The van der Waals surface area contributed by atoms with Gasteiger partial charge in [-0.05, 0) is 36.8 Å². The molecule has 0 spiro atoms. The van der Waals surface area contributed by atoms with Gasteiger partial charge in [0, 0.05) is 31.2 Å². The second kappa shape index (κ2) is 7.86. The summed E-state index contributed by atoms with van der Waals surface area (Å²) in [4.78, 5) is 19.3. The van der Waals surface area contributed by atoms with Gasteiger partial charge in [-0.1, -0.05) is 29.8 Å². The van der Waals surface area contributed by atoms with Gasteiger partial charge in [0.25, 0.3) is 0 Å². The Morgan fingerprint density at radius 2 is 1.89 bits per heavy atom. The molecule has 0 saturated carbocycles. The van der Waals surface area contributed by atoms with Crippen LogP contribution in [0.2, 0.25) is 0 Å². The van der Waals surface area contributed by atoms with Gasteiger partial charge in [-0.3, -0.25) is 9.88 Å². The molecule has 0 N–H and O–H groups in total. The number of hydrogen-bond donors (Lipinski definition) is 0. The van der Waals surface area contributed by atoms with E-state index in [2.05, 4.69) is 9.88 Å². The number of rotatable bonds is 4. The normalized spacial score (nSPS) is 15.0. The number of carbonyl (C=O) groups is 1. The minimum absolute atomic E-state index is 0.372. The van der Waals surface area contributed by atoms with Gasteiger partial charge in [-0.15, -0.1) is 0 Å². The van der Waals surface area contributed by atoms with E-state index in [1.165, 1.54) is 5.56 Å². The van der Waals surface area contributed by atoms with Crippen molar-refractivity contribution in [3.05, 3.63) is 71.4 Å². The Kier molecular flexibility index (Phi) is 5.14. The van der Waals surface area contributed by atoms with E-state index in [4.69, 9.17) is 9.47 Å². The summed E-state index contributed by atoms with van der Waals surface area (Å²) in [7, 11) is 0. The lowest BCUT2D eigenvalue weighted by Gasteiger charge is -2.27. The zero-order chi connectivity index (χ0) is 18.6. The molecule has 1 saturated heterocycles. The van der Waals surface area contributed by atoms with Crippen LogP contribution < -0.4 is 4.74 Å². The highest BCUT2D eigenvalue weighted by atomic mass is 16.5. The number of nitrogens with zero attached hydrogens (tertiary/aromatic N) is 2. The maximum atomic E-state index is 12.5. The van der Waals surface area contributed by atoms with E-state index in [9.17, 15) is 4.79 Å². The van der Waals surface area contributed by atoms with Gasteiger partial charge < -0.3 is 9.47 Å². The quantitative estimate of drug-likeness (QED) is 0.524. The summed E-state index contributed by atoms with van der Waals surface area (Å²) in [6.07, 6.45) is 1.73. The highest BCUT2D eigenvalue weighted by Crippen LogP contribution is 2.28. The molecular formula is C22H22N2O3. The highest BCUT2D eigenvalue weighted by molar-refractivity contribution is 5.95. The lowest BCUT2D eigenvalue weighted by atomic mass is 10.1. The molecule has 4 rings (SSSR count). The first-order valence-electron chi connectivity index (χ1n) is 9.16. The van der Waals surface area contributed by atoms with E-state index in [0.29, 0.717) is 16.8 Å². The van der Waals surface area contributed by atoms with Crippen LogP contribution in [-0.2, 0) is 11.3 Å². The molecule has 0 radical (unpaired) electrons. The fourth-order valence-electron chi connectivity index (χ4n) is 3.27. The van der Waals surface area contributed by atoms with Crippen molar-refractivity contribution in [3.8, 4) is 5.75 Å². The minimum Gasteiger partial charge on any atom is -0.421 e. The fraction of sp³-hybridized carbons (Fsp3) is 0.273. The minimum atomic E-state index is -0.372. The van der Waals surface area contributed by atoms with E-state index >= 15 is 0 Å². The number of fused-ring (bicyclic) bond motifs is 1. The molecule has 0 bridgehead atoms. The third kappa shape index (κ3) is 3.99. The van der Waals surface area contributed by atoms with Crippen LogP contribution in [0.4, 0.5) is 0 Å². The van der Waals surface area contributed by atoms with E-state index in [-0.39, 0.29) is 5.97 Å². The van der Waals surface area contributed by atoms with Crippen LogP contribution in [0.5, 0.6) is 5.75 Å². The monoisotopic (exact) mass is 362 g/mol. The van der Waals surface area contributed by atoms with Crippen molar-refractivity contribution in [1.29, 1.82) is 0 Å². The van der Waals surface area contributed by atoms with Crippen LogP contribution in [0, 0.1) is 6.92 Å². The molecule has 1 fully saturated rings. The number of esters is 1. The molecule has 5 heteroatoms. The average molecular weight is 362 g/mol. The molecule has 1 aliphatic heterocycles. The smallest absolute Gasteiger partial charge is 0.343 e. The third-order valence-corrected chi connectivity index (χ3v) is 4.81. The fourth-order valence-corrected chi connectivity index (χ4v) is 3.27. The highest BCUT2D eigenvalue weighted by Gasteiger charge is 2.16. The van der Waals surface area contributed by atoms with Crippen LogP contribution in [0.25, 0.3) is 10.9 Å². The van der Waals surface area contributed by atoms with E-state index in [1.54, 1.807) is 18.3 Å². The Labute approximate surface area is 158 Å². The van der Waals surface area contributed by atoms with Crippen molar-refractivity contribution in [3.63, 3.8) is 0 Å². The Hall–Kier alpha value is -2.76. The summed E-state index contributed by atoms with van der Waals surface area (Å²) in [6, 6.07) is 15.2. The lowest BCUT2D eigenvalue weighted by molar-refractivity contribution is 0.0343. The van der Waals surface area contributed by atoms with Crippen LogP contribution in [0.1, 0.15) is 21.5 Å². The number of hydrogen-bond acceptors (Lipinski definition) is 5. The number of morpholine rings is 1. The number of carbonyl (C=O) groups excluding carboxylic acids is 1. The topological polar surface area (TPSA) is 51.7 Å². The van der Waals surface area contributed by atoms with Gasteiger partial charge in [-0.2, -0.15) is 0 Å². The molecule has 2 aromatic carbocycles. The first-order valence-corrected chi connectivity index (χ1v) is 9.16. The standard InChI is InChI=1S/C22H22N2O3/c1-16-4-6-17(7-5-16)22(25)27-20-9-8-18(15-24-11-13-26-14-12-24)19-3-2-10-23-21(19)20/h2-10H,11-15H2,1H3. The summed E-state index contributed by atoms with van der Waals surface area (Å²) in [5, 5.41) is 1.01. The third-order valence-electron chi connectivity index (χ3n) is 4.81. The Morgan fingerprint density at radius 1 is 1.11 bits per heavy atom. The summed E-state index contributed by atoms with van der Waals surface area (Å²) in [5.41, 5.74) is 3.52. The molecule has 2 heterocycles. The molecule has 0 unspecified atom stereocenters. The number of aryl methyl sites for hydroxylation is 1. The van der Waals surface area contributed by atoms with E-state index < -0.39 is 0 Å². The van der Waals surface area contributed by atoms with Crippen molar-refractivity contribution in [2.24, 2.45) is 0 Å². The van der Waals surface area contributed by atoms with Crippen LogP contribution in [-0.4, -0.2) is 42.2 Å².